The van der Waals surface area contributed by atoms with Gasteiger partial charge in [0, 0.05) is 17.1 Å². The van der Waals surface area contributed by atoms with Crippen molar-refractivity contribution >= 4 is 32.6 Å². The van der Waals surface area contributed by atoms with E-state index in [2.05, 4.69) is 20.9 Å². The molecule has 0 unspecified atom stereocenters. The van der Waals surface area contributed by atoms with Crippen molar-refractivity contribution in [1.29, 1.82) is 0 Å². The first-order valence-corrected chi connectivity index (χ1v) is 5.56. The molecule has 1 aromatic heterocycles. The van der Waals surface area contributed by atoms with Gasteiger partial charge in [-0.25, -0.2) is 0 Å². The van der Waals surface area contributed by atoms with E-state index >= 15 is 0 Å². The van der Waals surface area contributed by atoms with Gasteiger partial charge in [0.2, 0.25) is 0 Å². The molecule has 82 valence electrons. The van der Waals surface area contributed by atoms with Crippen molar-refractivity contribution < 1.29 is 9.53 Å². The number of halogens is 1. The molecule has 0 saturated carbocycles. The van der Waals surface area contributed by atoms with Crippen LogP contribution in [0.2, 0.25) is 0 Å². The lowest BCUT2D eigenvalue weighted by Gasteiger charge is -2.09. The standard InChI is InChI=1S/C12H10BrNO2/c1-7(15)9-6-10(13)12(16-2)11-8(9)4-3-5-14-11/h3-6H,1-2H3. The van der Waals surface area contributed by atoms with Crippen LogP contribution in [0.1, 0.15) is 17.3 Å². The molecule has 1 aromatic carbocycles. The fraction of sp³-hybridized carbons (Fsp3) is 0.167. The number of pyridine rings is 1. The molecule has 0 atom stereocenters. The average molecular weight is 280 g/mol. The number of Topliss-reactive ketones (excluding diaryl/α,β-unsaturated/α-hetero) is 1. The van der Waals surface area contributed by atoms with Gasteiger partial charge in [0.25, 0.3) is 0 Å². The molecule has 0 fully saturated rings. The molecule has 0 spiro atoms. The maximum Gasteiger partial charge on any atom is 0.160 e. The number of ether oxygens (including phenoxy) is 1. The first kappa shape index (κ1) is 11.1. The van der Waals surface area contributed by atoms with E-state index < -0.39 is 0 Å². The zero-order valence-corrected chi connectivity index (χ0v) is 10.5. The largest absolute Gasteiger partial charge is 0.493 e. The minimum Gasteiger partial charge on any atom is -0.493 e. The van der Waals surface area contributed by atoms with Gasteiger partial charge >= 0.3 is 0 Å². The SMILES string of the molecule is COc1c(Br)cc(C(C)=O)c2cccnc12. The smallest absolute Gasteiger partial charge is 0.160 e. The maximum atomic E-state index is 11.5. The van der Waals surface area contributed by atoms with Gasteiger partial charge in [-0.3, -0.25) is 9.78 Å². The molecule has 0 saturated heterocycles. The Kier molecular flexibility index (Phi) is 2.92. The summed E-state index contributed by atoms with van der Waals surface area (Å²) in [5.74, 6) is 0.668. The average Bonchev–Trinajstić information content (AvgIpc) is 2.28. The van der Waals surface area contributed by atoms with Crippen LogP contribution in [-0.4, -0.2) is 17.9 Å². The van der Waals surface area contributed by atoms with E-state index in [0.29, 0.717) is 16.8 Å². The normalized spacial score (nSPS) is 10.4. The number of methoxy groups -OCH3 is 1. The number of fused-ring (bicyclic) bond motifs is 1. The number of carbonyl (C=O) groups is 1. The van der Waals surface area contributed by atoms with Crippen molar-refractivity contribution in [3.05, 3.63) is 34.4 Å². The van der Waals surface area contributed by atoms with E-state index in [0.717, 1.165) is 9.86 Å². The summed E-state index contributed by atoms with van der Waals surface area (Å²) in [6.07, 6.45) is 1.68. The molecule has 1 heterocycles. The second-order valence-electron chi connectivity index (χ2n) is 3.39. The van der Waals surface area contributed by atoms with Crippen molar-refractivity contribution in [1.82, 2.24) is 4.98 Å². The molecule has 0 bridgehead atoms. The van der Waals surface area contributed by atoms with Crippen LogP contribution in [0.3, 0.4) is 0 Å². The summed E-state index contributed by atoms with van der Waals surface area (Å²) in [5.41, 5.74) is 1.35. The van der Waals surface area contributed by atoms with E-state index in [4.69, 9.17) is 4.74 Å². The highest BCUT2D eigenvalue weighted by Gasteiger charge is 2.14. The third kappa shape index (κ3) is 1.69. The highest BCUT2D eigenvalue weighted by atomic mass is 79.9. The van der Waals surface area contributed by atoms with Gasteiger partial charge in [-0.05, 0) is 35.0 Å². The molecule has 0 aliphatic rings. The third-order valence-corrected chi connectivity index (χ3v) is 2.97. The molecule has 0 aliphatic carbocycles. The second-order valence-corrected chi connectivity index (χ2v) is 4.25. The van der Waals surface area contributed by atoms with Crippen molar-refractivity contribution in [3.8, 4) is 5.75 Å². The van der Waals surface area contributed by atoms with Crippen LogP contribution in [0.15, 0.2) is 28.9 Å². The Morgan fingerprint density at radius 2 is 2.25 bits per heavy atom. The Morgan fingerprint density at radius 1 is 1.50 bits per heavy atom. The number of rotatable bonds is 2. The Bertz CT molecular complexity index is 566. The van der Waals surface area contributed by atoms with Crippen LogP contribution in [0.25, 0.3) is 10.9 Å². The summed E-state index contributed by atoms with van der Waals surface area (Å²) in [6, 6.07) is 5.45. The molecule has 16 heavy (non-hydrogen) atoms. The van der Waals surface area contributed by atoms with Gasteiger partial charge < -0.3 is 4.74 Å². The van der Waals surface area contributed by atoms with Gasteiger partial charge in [0.1, 0.15) is 5.52 Å². The zero-order valence-electron chi connectivity index (χ0n) is 8.95. The van der Waals surface area contributed by atoms with Gasteiger partial charge in [0.05, 0.1) is 11.6 Å². The summed E-state index contributed by atoms with van der Waals surface area (Å²) in [5, 5.41) is 0.815. The van der Waals surface area contributed by atoms with Gasteiger partial charge in [-0.15, -0.1) is 0 Å². The maximum absolute atomic E-state index is 11.5. The zero-order chi connectivity index (χ0) is 11.7. The number of nitrogens with zero attached hydrogens (tertiary/aromatic N) is 1. The van der Waals surface area contributed by atoms with Gasteiger partial charge in [-0.1, -0.05) is 6.07 Å². The van der Waals surface area contributed by atoms with Crippen LogP contribution >= 0.6 is 15.9 Å². The minimum absolute atomic E-state index is 0.0151. The summed E-state index contributed by atoms with van der Waals surface area (Å²) >= 11 is 3.38. The third-order valence-electron chi connectivity index (χ3n) is 2.38. The number of benzene rings is 1. The highest BCUT2D eigenvalue weighted by Crippen LogP contribution is 2.34. The summed E-state index contributed by atoms with van der Waals surface area (Å²) in [7, 11) is 1.58. The number of hydrogen-bond acceptors (Lipinski definition) is 3. The minimum atomic E-state index is 0.0151. The molecule has 3 nitrogen and oxygen atoms in total. The molecule has 0 aliphatic heterocycles. The number of hydrogen-bond donors (Lipinski definition) is 0. The number of ketones is 1. The molecular weight excluding hydrogens is 270 g/mol. The quantitative estimate of drug-likeness (QED) is 0.793. The summed E-state index contributed by atoms with van der Waals surface area (Å²) in [4.78, 5) is 15.8. The van der Waals surface area contributed by atoms with Crippen molar-refractivity contribution in [3.63, 3.8) is 0 Å². The predicted molar refractivity (Wildman–Crippen MR) is 66.0 cm³/mol. The number of carbonyl (C=O) groups excluding carboxylic acids is 1. The summed E-state index contributed by atoms with van der Waals surface area (Å²) in [6.45, 7) is 1.54. The Labute approximate surface area is 102 Å². The summed E-state index contributed by atoms with van der Waals surface area (Å²) < 4.78 is 6.01. The first-order valence-electron chi connectivity index (χ1n) is 4.77. The topological polar surface area (TPSA) is 39.2 Å². The van der Waals surface area contributed by atoms with E-state index in [1.807, 2.05) is 12.1 Å². The predicted octanol–water partition coefficient (Wildman–Crippen LogP) is 3.21. The van der Waals surface area contributed by atoms with Crippen molar-refractivity contribution in [2.45, 2.75) is 6.92 Å². The lowest BCUT2D eigenvalue weighted by Crippen LogP contribution is -1.97. The molecular formula is C12H10BrNO2. The van der Waals surface area contributed by atoms with Gasteiger partial charge in [-0.2, -0.15) is 0 Å². The number of aromatic nitrogens is 1. The van der Waals surface area contributed by atoms with E-state index in [1.165, 1.54) is 0 Å². The monoisotopic (exact) mass is 279 g/mol. The Balaban J connectivity index is 2.91. The van der Waals surface area contributed by atoms with Crippen LogP contribution in [-0.2, 0) is 0 Å². The van der Waals surface area contributed by atoms with Gasteiger partial charge in [0.15, 0.2) is 11.5 Å². The van der Waals surface area contributed by atoms with Crippen LogP contribution in [0.5, 0.6) is 5.75 Å². The highest BCUT2D eigenvalue weighted by molar-refractivity contribution is 9.10. The fourth-order valence-corrected chi connectivity index (χ4v) is 2.25. The Hall–Kier alpha value is -1.42. The lowest BCUT2D eigenvalue weighted by molar-refractivity contribution is 0.101. The molecule has 0 radical (unpaired) electrons. The van der Waals surface area contributed by atoms with E-state index in [9.17, 15) is 4.79 Å². The molecule has 2 rings (SSSR count). The van der Waals surface area contributed by atoms with E-state index in [1.54, 1.807) is 26.3 Å². The van der Waals surface area contributed by atoms with E-state index in [-0.39, 0.29) is 5.78 Å². The molecule has 4 heteroatoms. The fourth-order valence-electron chi connectivity index (χ4n) is 1.67. The molecule has 2 aromatic rings. The van der Waals surface area contributed by atoms with Crippen LogP contribution in [0.4, 0.5) is 0 Å². The molecule has 0 N–H and O–H groups in total. The van der Waals surface area contributed by atoms with Crippen molar-refractivity contribution in [2.75, 3.05) is 7.11 Å². The lowest BCUT2D eigenvalue weighted by atomic mass is 10.0. The van der Waals surface area contributed by atoms with Crippen molar-refractivity contribution in [2.24, 2.45) is 0 Å². The van der Waals surface area contributed by atoms with Crippen LogP contribution < -0.4 is 4.74 Å². The Morgan fingerprint density at radius 3 is 2.88 bits per heavy atom. The molecule has 0 amide bonds. The first-order chi connectivity index (χ1) is 7.65. The second kappa shape index (κ2) is 4.22. The van der Waals surface area contributed by atoms with Crippen LogP contribution in [0, 0.1) is 0 Å².